The lowest BCUT2D eigenvalue weighted by atomic mass is 10.2. The molecule has 0 aliphatic heterocycles. The van der Waals surface area contributed by atoms with Gasteiger partial charge in [0.2, 0.25) is 0 Å². The summed E-state index contributed by atoms with van der Waals surface area (Å²) in [4.78, 5) is 0.0877. The molecule has 0 aromatic heterocycles. The van der Waals surface area contributed by atoms with E-state index in [-0.39, 0.29) is 10.6 Å². The van der Waals surface area contributed by atoms with E-state index in [4.69, 9.17) is 0 Å². The van der Waals surface area contributed by atoms with Crippen molar-refractivity contribution < 1.29 is 12.8 Å². The topological polar surface area (TPSA) is 58.2 Å². The van der Waals surface area contributed by atoms with Crippen LogP contribution < -0.4 is 10.0 Å². The van der Waals surface area contributed by atoms with Crippen LogP contribution in [0.5, 0.6) is 0 Å². The second kappa shape index (κ2) is 6.55. The second-order valence-corrected chi connectivity index (χ2v) is 7.00. The first-order valence-corrected chi connectivity index (χ1v) is 8.41. The lowest BCUT2D eigenvalue weighted by Gasteiger charge is -2.10. The number of hydrogen-bond acceptors (Lipinski definition) is 3. The molecule has 0 bridgehead atoms. The molecule has 0 atom stereocenters. The van der Waals surface area contributed by atoms with Crippen molar-refractivity contribution >= 4 is 31.6 Å². The highest BCUT2D eigenvalue weighted by atomic mass is 79.9. The summed E-state index contributed by atoms with van der Waals surface area (Å²) in [5, 5.41) is 2.98. The molecule has 0 heterocycles. The van der Waals surface area contributed by atoms with E-state index < -0.39 is 15.8 Å². The fourth-order valence-electron chi connectivity index (χ4n) is 1.77. The van der Waals surface area contributed by atoms with Gasteiger partial charge in [0.25, 0.3) is 10.0 Å². The first kappa shape index (κ1) is 15.9. The molecule has 0 aliphatic rings. The van der Waals surface area contributed by atoms with Gasteiger partial charge in [-0.15, -0.1) is 0 Å². The average Bonchev–Trinajstić information content (AvgIpc) is 2.43. The molecule has 0 aliphatic carbocycles. The Bertz CT molecular complexity index is 733. The molecule has 2 aromatic carbocycles. The van der Waals surface area contributed by atoms with Crippen molar-refractivity contribution in [3.63, 3.8) is 0 Å². The van der Waals surface area contributed by atoms with Gasteiger partial charge in [-0.05, 0) is 42.9 Å². The maximum Gasteiger partial charge on any atom is 0.261 e. The highest BCUT2D eigenvalue weighted by Gasteiger charge is 2.16. The smallest absolute Gasteiger partial charge is 0.261 e. The molecule has 2 N–H and O–H groups in total. The monoisotopic (exact) mass is 372 g/mol. The predicted octanol–water partition coefficient (Wildman–Crippen LogP) is 3.11. The first-order valence-electron chi connectivity index (χ1n) is 6.14. The second-order valence-electron chi connectivity index (χ2n) is 4.40. The van der Waals surface area contributed by atoms with Crippen LogP contribution in [0.25, 0.3) is 0 Å². The fraction of sp³-hybridized carbons (Fsp3) is 0.143. The number of anilines is 1. The molecule has 112 valence electrons. The number of rotatable bonds is 5. The van der Waals surface area contributed by atoms with Gasteiger partial charge in [0, 0.05) is 11.0 Å². The lowest BCUT2D eigenvalue weighted by Crippen LogP contribution is -2.14. The highest BCUT2D eigenvalue weighted by molar-refractivity contribution is 9.10. The number of sulfonamides is 1. The van der Waals surface area contributed by atoms with Gasteiger partial charge >= 0.3 is 0 Å². The van der Waals surface area contributed by atoms with Crippen LogP contribution in [0.3, 0.4) is 0 Å². The molecule has 2 aromatic rings. The molecule has 0 saturated heterocycles. The molecule has 0 amide bonds. The van der Waals surface area contributed by atoms with Crippen molar-refractivity contribution in [2.45, 2.75) is 11.4 Å². The Balaban J connectivity index is 2.25. The normalized spacial score (nSPS) is 11.4. The summed E-state index contributed by atoms with van der Waals surface area (Å²) >= 11 is 3.12. The zero-order valence-electron chi connectivity index (χ0n) is 11.2. The standard InChI is InChI=1S/C14H14BrFN2O2S/c1-17-9-10-2-5-12(6-3-10)21(19,20)18-14-7-4-11(15)8-13(14)16/h2-8,17-18H,9H2,1H3. The van der Waals surface area contributed by atoms with Crippen molar-refractivity contribution in [2.24, 2.45) is 0 Å². The van der Waals surface area contributed by atoms with Crippen LogP contribution in [0.15, 0.2) is 51.8 Å². The maximum absolute atomic E-state index is 13.7. The lowest BCUT2D eigenvalue weighted by molar-refractivity contribution is 0.598. The molecule has 7 heteroatoms. The van der Waals surface area contributed by atoms with Crippen LogP contribution in [-0.2, 0) is 16.6 Å². The summed E-state index contributed by atoms with van der Waals surface area (Å²) in [6.07, 6.45) is 0. The van der Waals surface area contributed by atoms with Gasteiger partial charge < -0.3 is 5.32 Å². The minimum absolute atomic E-state index is 0.0856. The number of benzene rings is 2. The minimum Gasteiger partial charge on any atom is -0.316 e. The average molecular weight is 373 g/mol. The van der Waals surface area contributed by atoms with Gasteiger partial charge in [0.1, 0.15) is 5.82 Å². The molecular weight excluding hydrogens is 359 g/mol. The van der Waals surface area contributed by atoms with Crippen molar-refractivity contribution in [3.8, 4) is 0 Å². The van der Waals surface area contributed by atoms with Gasteiger partial charge in [0.05, 0.1) is 10.6 Å². The summed E-state index contributed by atoms with van der Waals surface area (Å²) in [6.45, 7) is 0.648. The third-order valence-electron chi connectivity index (χ3n) is 2.79. The maximum atomic E-state index is 13.7. The van der Waals surface area contributed by atoms with Crippen molar-refractivity contribution in [3.05, 3.63) is 58.3 Å². The van der Waals surface area contributed by atoms with Gasteiger partial charge in [-0.1, -0.05) is 28.1 Å². The van der Waals surface area contributed by atoms with E-state index in [0.29, 0.717) is 11.0 Å². The van der Waals surface area contributed by atoms with Crippen LogP contribution in [0.2, 0.25) is 0 Å². The molecule has 0 spiro atoms. The molecule has 0 radical (unpaired) electrons. The summed E-state index contributed by atoms with van der Waals surface area (Å²) in [5.74, 6) is -0.639. The van der Waals surface area contributed by atoms with E-state index in [1.165, 1.54) is 24.3 Å². The van der Waals surface area contributed by atoms with E-state index in [1.54, 1.807) is 18.2 Å². The van der Waals surface area contributed by atoms with Crippen molar-refractivity contribution in [1.29, 1.82) is 0 Å². The van der Waals surface area contributed by atoms with Crippen LogP contribution in [0.4, 0.5) is 10.1 Å². The SMILES string of the molecule is CNCc1ccc(S(=O)(=O)Nc2ccc(Br)cc2F)cc1. The van der Waals surface area contributed by atoms with Crippen LogP contribution in [0.1, 0.15) is 5.56 Å². The fourth-order valence-corrected chi connectivity index (χ4v) is 3.17. The minimum atomic E-state index is -3.81. The summed E-state index contributed by atoms with van der Waals surface area (Å²) in [6, 6.07) is 10.5. The van der Waals surface area contributed by atoms with E-state index >= 15 is 0 Å². The van der Waals surface area contributed by atoms with Crippen molar-refractivity contribution in [1.82, 2.24) is 5.32 Å². The molecule has 0 saturated carbocycles. The zero-order valence-corrected chi connectivity index (χ0v) is 13.6. The van der Waals surface area contributed by atoms with E-state index in [9.17, 15) is 12.8 Å². The number of hydrogen-bond donors (Lipinski definition) is 2. The molecule has 4 nitrogen and oxygen atoms in total. The van der Waals surface area contributed by atoms with E-state index in [0.717, 1.165) is 5.56 Å². The largest absolute Gasteiger partial charge is 0.316 e. The van der Waals surface area contributed by atoms with Crippen LogP contribution in [-0.4, -0.2) is 15.5 Å². The Hall–Kier alpha value is -1.44. The quantitative estimate of drug-likeness (QED) is 0.847. The highest BCUT2D eigenvalue weighted by Crippen LogP contribution is 2.22. The zero-order chi connectivity index (χ0) is 15.5. The third kappa shape index (κ3) is 4.03. The Labute approximate surface area is 131 Å². The van der Waals surface area contributed by atoms with Gasteiger partial charge in [0.15, 0.2) is 0 Å². The summed E-state index contributed by atoms with van der Waals surface area (Å²) < 4.78 is 40.9. The van der Waals surface area contributed by atoms with Gasteiger partial charge in [-0.2, -0.15) is 0 Å². The Kier molecular flexibility index (Phi) is 4.97. The molecule has 21 heavy (non-hydrogen) atoms. The van der Waals surface area contributed by atoms with Crippen LogP contribution >= 0.6 is 15.9 Å². The molecule has 0 unspecified atom stereocenters. The molecule has 2 rings (SSSR count). The predicted molar refractivity (Wildman–Crippen MR) is 84.1 cm³/mol. The van der Waals surface area contributed by atoms with E-state index in [1.807, 2.05) is 7.05 Å². The van der Waals surface area contributed by atoms with Crippen molar-refractivity contribution in [2.75, 3.05) is 11.8 Å². The number of nitrogens with one attached hydrogen (secondary N) is 2. The number of halogens is 2. The Morgan fingerprint density at radius 2 is 1.81 bits per heavy atom. The summed E-state index contributed by atoms with van der Waals surface area (Å²) in [7, 11) is -2.00. The summed E-state index contributed by atoms with van der Waals surface area (Å²) in [5.41, 5.74) is 0.878. The third-order valence-corrected chi connectivity index (χ3v) is 4.66. The van der Waals surface area contributed by atoms with Gasteiger partial charge in [-0.25, -0.2) is 12.8 Å². The van der Waals surface area contributed by atoms with E-state index in [2.05, 4.69) is 26.0 Å². The Morgan fingerprint density at radius 1 is 1.14 bits per heavy atom. The van der Waals surface area contributed by atoms with Crippen LogP contribution in [0, 0.1) is 5.82 Å². The van der Waals surface area contributed by atoms with Gasteiger partial charge in [-0.3, -0.25) is 4.72 Å². The first-order chi connectivity index (χ1) is 9.92. The molecule has 0 fully saturated rings. The molecular formula is C14H14BrFN2O2S. The Morgan fingerprint density at radius 3 is 2.38 bits per heavy atom.